The van der Waals surface area contributed by atoms with Crippen LogP contribution in [0.2, 0.25) is 0 Å². The van der Waals surface area contributed by atoms with Gasteiger partial charge in [-0.2, -0.15) is 0 Å². The molecule has 1 aromatic heterocycles. The number of hydrogen-bond donors (Lipinski definition) is 2. The molecule has 0 aliphatic carbocycles. The molecular formula is C13H21NO3S. The first-order valence-corrected chi connectivity index (χ1v) is 7.13. The Morgan fingerprint density at radius 1 is 1.61 bits per heavy atom. The SMILES string of the molecule is CCC(CCCSc1ccoc1C)(NC)C(=O)O. The Morgan fingerprint density at radius 2 is 2.33 bits per heavy atom. The van der Waals surface area contributed by atoms with E-state index < -0.39 is 11.5 Å². The number of likely N-dealkylation sites (N-methyl/N-ethyl adjacent to an activating group) is 1. The molecule has 0 saturated heterocycles. The lowest BCUT2D eigenvalue weighted by Gasteiger charge is -2.27. The molecule has 1 atom stereocenters. The van der Waals surface area contributed by atoms with Crippen molar-refractivity contribution in [1.82, 2.24) is 5.32 Å². The summed E-state index contributed by atoms with van der Waals surface area (Å²) in [6.07, 6.45) is 3.77. The number of carboxylic acid groups (broad SMARTS) is 1. The van der Waals surface area contributed by atoms with E-state index in [9.17, 15) is 9.90 Å². The second kappa shape index (κ2) is 6.85. The molecule has 0 amide bonds. The molecule has 2 N–H and O–H groups in total. The summed E-state index contributed by atoms with van der Waals surface area (Å²) in [5, 5.41) is 12.2. The standard InChI is InChI=1S/C13H21NO3S/c1-4-13(14-3,12(15)16)7-5-9-18-11-6-8-17-10(11)2/h6,8,14H,4-5,7,9H2,1-3H3,(H,15,16). The summed E-state index contributed by atoms with van der Waals surface area (Å²) in [7, 11) is 1.71. The number of thioether (sulfide) groups is 1. The minimum absolute atomic E-state index is 0.592. The van der Waals surface area contributed by atoms with Crippen molar-refractivity contribution in [3.8, 4) is 0 Å². The summed E-state index contributed by atoms with van der Waals surface area (Å²) in [6, 6.07) is 1.95. The molecule has 0 radical (unpaired) electrons. The van der Waals surface area contributed by atoms with E-state index in [1.165, 1.54) is 0 Å². The molecule has 1 aromatic rings. The second-order valence-corrected chi connectivity index (χ2v) is 5.42. The fourth-order valence-electron chi connectivity index (χ4n) is 1.92. The number of rotatable bonds is 8. The number of carbonyl (C=O) groups is 1. The predicted molar refractivity (Wildman–Crippen MR) is 73.1 cm³/mol. The number of hydrogen-bond acceptors (Lipinski definition) is 4. The molecule has 1 rings (SSSR count). The van der Waals surface area contributed by atoms with Crippen LogP contribution in [0.4, 0.5) is 0 Å². The van der Waals surface area contributed by atoms with E-state index in [1.54, 1.807) is 25.1 Å². The molecule has 102 valence electrons. The molecule has 0 aromatic carbocycles. The average molecular weight is 271 g/mol. The van der Waals surface area contributed by atoms with Crippen molar-refractivity contribution in [1.29, 1.82) is 0 Å². The first-order valence-electron chi connectivity index (χ1n) is 6.15. The number of aliphatic carboxylic acids is 1. The topological polar surface area (TPSA) is 62.5 Å². The van der Waals surface area contributed by atoms with E-state index in [2.05, 4.69) is 5.32 Å². The second-order valence-electron chi connectivity index (χ2n) is 4.28. The van der Waals surface area contributed by atoms with Gasteiger partial charge in [-0.05, 0) is 45.1 Å². The molecule has 0 fully saturated rings. The van der Waals surface area contributed by atoms with Crippen molar-refractivity contribution in [3.05, 3.63) is 18.1 Å². The summed E-state index contributed by atoms with van der Waals surface area (Å²) < 4.78 is 5.22. The van der Waals surface area contributed by atoms with E-state index in [1.807, 2.05) is 19.9 Å². The minimum Gasteiger partial charge on any atom is -0.480 e. The Hall–Kier alpha value is -0.940. The van der Waals surface area contributed by atoms with Crippen molar-refractivity contribution in [2.24, 2.45) is 0 Å². The maximum atomic E-state index is 11.3. The number of nitrogens with one attached hydrogen (secondary N) is 1. The fourth-order valence-corrected chi connectivity index (χ4v) is 2.83. The Bertz CT molecular complexity index is 385. The highest BCUT2D eigenvalue weighted by Gasteiger charge is 2.33. The maximum absolute atomic E-state index is 11.3. The monoisotopic (exact) mass is 271 g/mol. The van der Waals surface area contributed by atoms with E-state index >= 15 is 0 Å². The van der Waals surface area contributed by atoms with Gasteiger partial charge in [-0.25, -0.2) is 0 Å². The highest BCUT2D eigenvalue weighted by atomic mass is 32.2. The zero-order valence-corrected chi connectivity index (χ0v) is 12.0. The predicted octanol–water partition coefficient (Wildman–Crippen LogP) is 2.91. The Balaban J connectivity index is 2.40. The first kappa shape index (κ1) is 15.1. The van der Waals surface area contributed by atoms with Crippen LogP contribution in [0.3, 0.4) is 0 Å². The van der Waals surface area contributed by atoms with Gasteiger partial charge in [0.2, 0.25) is 0 Å². The number of carboxylic acids is 1. The normalized spacial score (nSPS) is 14.4. The Kier molecular flexibility index (Phi) is 5.75. The Labute approximate surface area is 112 Å². The van der Waals surface area contributed by atoms with Gasteiger partial charge in [0.15, 0.2) is 0 Å². The molecule has 18 heavy (non-hydrogen) atoms. The van der Waals surface area contributed by atoms with Gasteiger partial charge in [0.1, 0.15) is 11.3 Å². The van der Waals surface area contributed by atoms with E-state index in [-0.39, 0.29) is 0 Å². The van der Waals surface area contributed by atoms with Crippen LogP contribution >= 0.6 is 11.8 Å². The average Bonchev–Trinajstić information content (AvgIpc) is 2.75. The third kappa shape index (κ3) is 3.53. The van der Waals surface area contributed by atoms with Gasteiger partial charge < -0.3 is 14.8 Å². The molecule has 4 nitrogen and oxygen atoms in total. The van der Waals surface area contributed by atoms with Gasteiger partial charge in [-0.15, -0.1) is 11.8 Å². The minimum atomic E-state index is -0.786. The van der Waals surface area contributed by atoms with E-state index in [0.717, 1.165) is 22.8 Å². The Morgan fingerprint density at radius 3 is 2.78 bits per heavy atom. The fraction of sp³-hybridized carbons (Fsp3) is 0.615. The van der Waals surface area contributed by atoms with E-state index in [0.29, 0.717) is 12.8 Å². The van der Waals surface area contributed by atoms with Gasteiger partial charge in [0.25, 0.3) is 0 Å². The van der Waals surface area contributed by atoms with Crippen molar-refractivity contribution in [3.63, 3.8) is 0 Å². The van der Waals surface area contributed by atoms with Gasteiger partial charge in [0.05, 0.1) is 6.26 Å². The number of furan rings is 1. The van der Waals surface area contributed by atoms with Gasteiger partial charge >= 0.3 is 5.97 Å². The van der Waals surface area contributed by atoms with Crippen LogP contribution in [-0.4, -0.2) is 29.4 Å². The lowest BCUT2D eigenvalue weighted by atomic mass is 9.91. The molecule has 1 unspecified atom stereocenters. The molecule has 5 heteroatoms. The lowest BCUT2D eigenvalue weighted by molar-refractivity contribution is -0.145. The highest BCUT2D eigenvalue weighted by Crippen LogP contribution is 2.26. The van der Waals surface area contributed by atoms with Gasteiger partial charge in [-0.1, -0.05) is 6.92 Å². The first-order chi connectivity index (χ1) is 8.55. The molecule has 0 bridgehead atoms. The number of aryl methyl sites for hydroxylation is 1. The van der Waals surface area contributed by atoms with Gasteiger partial charge in [0, 0.05) is 4.90 Å². The van der Waals surface area contributed by atoms with Crippen LogP contribution in [0.5, 0.6) is 0 Å². The van der Waals surface area contributed by atoms with Crippen LogP contribution in [0.25, 0.3) is 0 Å². The van der Waals surface area contributed by atoms with Crippen LogP contribution < -0.4 is 5.32 Å². The lowest BCUT2D eigenvalue weighted by Crippen LogP contribution is -2.49. The molecule has 0 aliphatic heterocycles. The molecule has 0 spiro atoms. The van der Waals surface area contributed by atoms with Crippen molar-refractivity contribution in [2.45, 2.75) is 43.5 Å². The summed E-state index contributed by atoms with van der Waals surface area (Å²) in [4.78, 5) is 12.4. The van der Waals surface area contributed by atoms with Gasteiger partial charge in [-0.3, -0.25) is 4.79 Å². The smallest absolute Gasteiger partial charge is 0.323 e. The third-order valence-electron chi connectivity index (χ3n) is 3.31. The maximum Gasteiger partial charge on any atom is 0.323 e. The summed E-state index contributed by atoms with van der Waals surface area (Å²) in [6.45, 7) is 3.83. The van der Waals surface area contributed by atoms with Crippen LogP contribution in [-0.2, 0) is 4.79 Å². The van der Waals surface area contributed by atoms with Crippen molar-refractivity contribution < 1.29 is 14.3 Å². The molecule has 0 saturated carbocycles. The summed E-state index contributed by atoms with van der Waals surface area (Å²) in [5.74, 6) is 1.06. The van der Waals surface area contributed by atoms with Crippen LogP contribution in [0.1, 0.15) is 31.9 Å². The summed E-state index contributed by atoms with van der Waals surface area (Å²) >= 11 is 1.71. The zero-order valence-electron chi connectivity index (χ0n) is 11.2. The largest absolute Gasteiger partial charge is 0.480 e. The highest BCUT2D eigenvalue weighted by molar-refractivity contribution is 7.99. The zero-order chi connectivity index (χ0) is 13.6. The molecular weight excluding hydrogens is 250 g/mol. The summed E-state index contributed by atoms with van der Waals surface area (Å²) in [5.41, 5.74) is -0.786. The molecule has 0 aliphatic rings. The van der Waals surface area contributed by atoms with E-state index in [4.69, 9.17) is 4.42 Å². The van der Waals surface area contributed by atoms with Crippen molar-refractivity contribution in [2.75, 3.05) is 12.8 Å². The quantitative estimate of drug-likeness (QED) is 0.562. The van der Waals surface area contributed by atoms with Crippen molar-refractivity contribution >= 4 is 17.7 Å². The van der Waals surface area contributed by atoms with Crippen LogP contribution in [0.15, 0.2) is 21.6 Å². The molecule has 1 heterocycles. The van der Waals surface area contributed by atoms with Crippen LogP contribution in [0, 0.1) is 6.92 Å². The third-order valence-corrected chi connectivity index (χ3v) is 4.54.